The molecule has 4 heteroatoms. The molecule has 0 aliphatic heterocycles. The first-order valence-electron chi connectivity index (χ1n) is 19.5. The molecular weight excluding hydrogens is 669 g/mol. The number of rotatable bonds is 8. The van der Waals surface area contributed by atoms with Crippen LogP contribution in [0.5, 0.6) is 0 Å². The van der Waals surface area contributed by atoms with Crippen molar-refractivity contribution < 1.29 is 0 Å². The van der Waals surface area contributed by atoms with Crippen molar-refractivity contribution in [1.29, 1.82) is 0 Å². The Bertz CT molecular complexity index is 3010. The van der Waals surface area contributed by atoms with E-state index < -0.39 is 0 Å². The lowest BCUT2D eigenvalue weighted by Gasteiger charge is -2.16. The van der Waals surface area contributed by atoms with Crippen LogP contribution in [0.15, 0.2) is 164 Å². The molecule has 4 nitrogen and oxygen atoms in total. The van der Waals surface area contributed by atoms with Crippen LogP contribution in [0.2, 0.25) is 0 Å². The van der Waals surface area contributed by atoms with E-state index in [2.05, 4.69) is 194 Å². The van der Waals surface area contributed by atoms with Gasteiger partial charge in [0, 0.05) is 33.6 Å². The van der Waals surface area contributed by atoms with Crippen LogP contribution in [0.4, 0.5) is 0 Å². The topological polar surface area (TPSA) is 35.6 Å². The molecule has 0 saturated heterocycles. The van der Waals surface area contributed by atoms with Crippen molar-refractivity contribution in [2.45, 2.75) is 39.5 Å². The van der Waals surface area contributed by atoms with Gasteiger partial charge in [-0.3, -0.25) is 9.13 Å². The van der Waals surface area contributed by atoms with E-state index in [4.69, 9.17) is 9.97 Å². The Kier molecular flexibility index (Phi) is 8.06. The molecule has 2 aromatic heterocycles. The van der Waals surface area contributed by atoms with Crippen molar-refractivity contribution in [1.82, 2.24) is 19.1 Å². The van der Waals surface area contributed by atoms with Gasteiger partial charge < -0.3 is 0 Å². The van der Waals surface area contributed by atoms with Gasteiger partial charge in [-0.2, -0.15) is 0 Å². The standard InChI is InChI=1S/C51H42N4/c1-33(2)50-53-48-44-20-12-10-18-42(44)43-19-11-13-21-45(43)49(48)55(50)41-26-23-35(24-27-41)28-34(3)29-36-22-25-38-31-46-47(32-39(38)30-36)54(40-16-8-5-9-17-40)51(52-46)37-14-6-4-7-15-37/h4-27,30-34H,28-29H2,1-3H3. The van der Waals surface area contributed by atoms with Gasteiger partial charge in [-0.15, -0.1) is 0 Å². The van der Waals surface area contributed by atoms with Crippen molar-refractivity contribution in [3.8, 4) is 22.8 Å². The van der Waals surface area contributed by atoms with Gasteiger partial charge in [0.15, 0.2) is 0 Å². The molecule has 55 heavy (non-hydrogen) atoms. The molecule has 1 atom stereocenters. The second kappa shape index (κ2) is 13.4. The van der Waals surface area contributed by atoms with Crippen LogP contribution in [0.1, 0.15) is 43.6 Å². The Morgan fingerprint density at radius 3 is 1.82 bits per heavy atom. The molecule has 0 bridgehead atoms. The molecule has 0 saturated carbocycles. The molecule has 0 spiro atoms. The van der Waals surface area contributed by atoms with Gasteiger partial charge in [-0.1, -0.05) is 148 Å². The number of aromatic nitrogens is 4. The van der Waals surface area contributed by atoms with Crippen LogP contribution in [0.25, 0.3) is 77.1 Å². The van der Waals surface area contributed by atoms with E-state index in [0.717, 1.165) is 58.0 Å². The van der Waals surface area contributed by atoms with Crippen molar-refractivity contribution in [2.24, 2.45) is 5.92 Å². The van der Waals surface area contributed by atoms with Crippen LogP contribution in [-0.4, -0.2) is 19.1 Å². The van der Waals surface area contributed by atoms with E-state index in [9.17, 15) is 0 Å². The third kappa shape index (κ3) is 5.77. The molecule has 266 valence electrons. The summed E-state index contributed by atoms with van der Waals surface area (Å²) >= 11 is 0. The fraction of sp³-hybridized carbons (Fsp3) is 0.137. The molecule has 0 aliphatic carbocycles. The quantitative estimate of drug-likeness (QED) is 0.147. The van der Waals surface area contributed by atoms with Gasteiger partial charge in [0.2, 0.25) is 0 Å². The lowest BCUT2D eigenvalue weighted by Crippen LogP contribution is -2.06. The predicted molar refractivity (Wildman–Crippen MR) is 231 cm³/mol. The first-order valence-corrected chi connectivity index (χ1v) is 19.5. The molecule has 0 aliphatic rings. The molecule has 2 heterocycles. The summed E-state index contributed by atoms with van der Waals surface area (Å²) in [5.41, 5.74) is 10.5. The zero-order chi connectivity index (χ0) is 37.0. The Morgan fingerprint density at radius 1 is 0.491 bits per heavy atom. The molecule has 10 aromatic rings. The molecular formula is C51H42N4. The first-order chi connectivity index (χ1) is 27.0. The Balaban J connectivity index is 0.957. The summed E-state index contributed by atoms with van der Waals surface area (Å²) in [6, 6.07) is 59.2. The second-order valence-electron chi connectivity index (χ2n) is 15.4. The predicted octanol–water partition coefficient (Wildman–Crippen LogP) is 13.0. The average molecular weight is 711 g/mol. The number of para-hydroxylation sites is 1. The Labute approximate surface area is 321 Å². The van der Waals surface area contributed by atoms with Crippen LogP contribution in [0.3, 0.4) is 0 Å². The maximum Gasteiger partial charge on any atom is 0.145 e. The summed E-state index contributed by atoms with van der Waals surface area (Å²) in [5.74, 6) is 2.80. The van der Waals surface area contributed by atoms with Gasteiger partial charge in [0.25, 0.3) is 0 Å². The summed E-state index contributed by atoms with van der Waals surface area (Å²) in [6.07, 6.45) is 2.01. The zero-order valence-electron chi connectivity index (χ0n) is 31.4. The van der Waals surface area contributed by atoms with Gasteiger partial charge in [-0.05, 0) is 87.8 Å². The number of hydrogen-bond acceptors (Lipinski definition) is 2. The summed E-state index contributed by atoms with van der Waals surface area (Å²) in [4.78, 5) is 10.5. The highest BCUT2D eigenvalue weighted by molar-refractivity contribution is 6.23. The Morgan fingerprint density at radius 2 is 1.09 bits per heavy atom. The normalized spacial score (nSPS) is 12.5. The summed E-state index contributed by atoms with van der Waals surface area (Å²) < 4.78 is 4.70. The van der Waals surface area contributed by atoms with Crippen molar-refractivity contribution in [2.75, 3.05) is 0 Å². The van der Waals surface area contributed by atoms with Crippen LogP contribution >= 0.6 is 0 Å². The lowest BCUT2D eigenvalue weighted by molar-refractivity contribution is 0.577. The summed E-state index contributed by atoms with van der Waals surface area (Å²) in [5, 5.41) is 7.43. The fourth-order valence-corrected chi connectivity index (χ4v) is 8.65. The molecule has 0 fully saturated rings. The zero-order valence-corrected chi connectivity index (χ0v) is 31.4. The van der Waals surface area contributed by atoms with Crippen LogP contribution < -0.4 is 0 Å². The van der Waals surface area contributed by atoms with E-state index in [1.807, 2.05) is 0 Å². The molecule has 0 radical (unpaired) electrons. The number of nitrogens with zero attached hydrogens (tertiary/aromatic N) is 4. The SMILES string of the molecule is CC(Cc1ccc(-n2c(C(C)C)nc3c4ccccc4c4ccccc4c32)cc1)Cc1ccc2cc3nc(-c4ccccc4)n(-c4ccccc4)c3cc2c1. The minimum Gasteiger partial charge on any atom is -0.295 e. The third-order valence-corrected chi connectivity index (χ3v) is 11.2. The van der Waals surface area contributed by atoms with Crippen LogP contribution in [0, 0.1) is 5.92 Å². The van der Waals surface area contributed by atoms with Crippen molar-refractivity contribution in [3.05, 3.63) is 181 Å². The van der Waals surface area contributed by atoms with E-state index >= 15 is 0 Å². The number of imidazole rings is 2. The maximum absolute atomic E-state index is 5.32. The highest BCUT2D eigenvalue weighted by Gasteiger charge is 2.21. The minimum atomic E-state index is 0.271. The smallest absolute Gasteiger partial charge is 0.145 e. The molecule has 0 amide bonds. The number of fused-ring (bicyclic) bond motifs is 8. The summed E-state index contributed by atoms with van der Waals surface area (Å²) in [6.45, 7) is 6.86. The van der Waals surface area contributed by atoms with E-state index in [0.29, 0.717) is 5.92 Å². The lowest BCUT2D eigenvalue weighted by atomic mass is 9.93. The average Bonchev–Trinajstić information content (AvgIpc) is 3.81. The molecule has 1 unspecified atom stereocenters. The maximum atomic E-state index is 5.32. The highest BCUT2D eigenvalue weighted by atomic mass is 15.1. The largest absolute Gasteiger partial charge is 0.295 e. The first kappa shape index (κ1) is 33.1. The molecule has 10 rings (SSSR count). The number of benzene rings is 8. The van der Waals surface area contributed by atoms with Gasteiger partial charge in [0.1, 0.15) is 11.6 Å². The third-order valence-electron chi connectivity index (χ3n) is 11.2. The van der Waals surface area contributed by atoms with E-state index in [1.165, 1.54) is 49.0 Å². The monoisotopic (exact) mass is 710 g/mol. The second-order valence-corrected chi connectivity index (χ2v) is 15.4. The number of hydrogen-bond donors (Lipinski definition) is 0. The van der Waals surface area contributed by atoms with Gasteiger partial charge >= 0.3 is 0 Å². The molecule has 0 N–H and O–H groups in total. The Hall–Kier alpha value is -6.52. The fourth-order valence-electron chi connectivity index (χ4n) is 8.65. The van der Waals surface area contributed by atoms with Crippen molar-refractivity contribution >= 4 is 54.4 Å². The highest BCUT2D eigenvalue weighted by Crippen LogP contribution is 2.38. The van der Waals surface area contributed by atoms with E-state index in [1.54, 1.807) is 0 Å². The van der Waals surface area contributed by atoms with Crippen molar-refractivity contribution in [3.63, 3.8) is 0 Å². The molecule has 8 aromatic carbocycles. The van der Waals surface area contributed by atoms with E-state index in [-0.39, 0.29) is 5.92 Å². The van der Waals surface area contributed by atoms with Crippen LogP contribution in [-0.2, 0) is 12.8 Å². The summed E-state index contributed by atoms with van der Waals surface area (Å²) in [7, 11) is 0. The van der Waals surface area contributed by atoms with Gasteiger partial charge in [-0.25, -0.2) is 9.97 Å². The minimum absolute atomic E-state index is 0.271. The van der Waals surface area contributed by atoms with Gasteiger partial charge in [0.05, 0.1) is 22.1 Å².